The fraction of sp³-hybridized carbons (Fsp3) is 0.429. The number of hydrogen-bond acceptors (Lipinski definition) is 3. The van der Waals surface area contributed by atoms with Gasteiger partial charge in [-0.05, 0) is 18.9 Å². The number of rotatable bonds is 6. The zero-order valence-corrected chi connectivity index (χ0v) is 10.4. The Bertz CT molecular complexity index is 396. The van der Waals surface area contributed by atoms with Crippen molar-refractivity contribution in [2.45, 2.75) is 25.3 Å². The molecule has 2 N–H and O–H groups in total. The average molecular weight is 233 g/mol. The summed E-state index contributed by atoms with van der Waals surface area (Å²) >= 11 is 0. The SMILES string of the molecule is C#CCCCC(N)c1cccc(OC)c1OC. The third-order valence-corrected chi connectivity index (χ3v) is 2.67. The first-order valence-electron chi connectivity index (χ1n) is 5.64. The Balaban J connectivity index is 2.85. The Morgan fingerprint density at radius 2 is 2.12 bits per heavy atom. The maximum Gasteiger partial charge on any atom is 0.165 e. The van der Waals surface area contributed by atoms with Crippen molar-refractivity contribution in [2.75, 3.05) is 14.2 Å². The summed E-state index contributed by atoms with van der Waals surface area (Å²) in [5.41, 5.74) is 7.09. The fourth-order valence-electron chi connectivity index (χ4n) is 1.78. The number of methoxy groups -OCH3 is 2. The van der Waals surface area contributed by atoms with Crippen LogP contribution >= 0.6 is 0 Å². The van der Waals surface area contributed by atoms with E-state index in [1.165, 1.54) is 0 Å². The molecule has 0 aromatic heterocycles. The van der Waals surface area contributed by atoms with Gasteiger partial charge in [-0.3, -0.25) is 0 Å². The molecule has 17 heavy (non-hydrogen) atoms. The quantitative estimate of drug-likeness (QED) is 0.606. The van der Waals surface area contributed by atoms with Crippen molar-refractivity contribution < 1.29 is 9.47 Å². The zero-order chi connectivity index (χ0) is 12.7. The number of hydrogen-bond donors (Lipinski definition) is 1. The summed E-state index contributed by atoms with van der Waals surface area (Å²) in [5, 5.41) is 0. The Labute approximate surface area is 103 Å². The molecule has 0 bridgehead atoms. The second-order valence-electron chi connectivity index (χ2n) is 3.79. The van der Waals surface area contributed by atoms with E-state index in [0.29, 0.717) is 11.5 Å². The fourth-order valence-corrected chi connectivity index (χ4v) is 1.78. The minimum atomic E-state index is -0.0756. The van der Waals surface area contributed by atoms with Gasteiger partial charge in [-0.25, -0.2) is 0 Å². The molecule has 0 saturated heterocycles. The first-order chi connectivity index (χ1) is 8.24. The van der Waals surface area contributed by atoms with Gasteiger partial charge in [0.1, 0.15) is 0 Å². The van der Waals surface area contributed by atoms with Crippen LogP contribution in [0, 0.1) is 12.3 Å². The monoisotopic (exact) mass is 233 g/mol. The third-order valence-electron chi connectivity index (χ3n) is 2.67. The number of unbranched alkanes of at least 4 members (excludes halogenated alkanes) is 1. The minimum Gasteiger partial charge on any atom is -0.493 e. The van der Waals surface area contributed by atoms with E-state index >= 15 is 0 Å². The summed E-state index contributed by atoms with van der Waals surface area (Å²) in [6, 6.07) is 5.66. The Kier molecular flexibility index (Phi) is 5.38. The zero-order valence-electron chi connectivity index (χ0n) is 10.4. The largest absolute Gasteiger partial charge is 0.493 e. The van der Waals surface area contributed by atoms with Gasteiger partial charge in [0, 0.05) is 18.0 Å². The van der Waals surface area contributed by atoms with Gasteiger partial charge in [0.15, 0.2) is 11.5 Å². The van der Waals surface area contributed by atoms with Crippen LogP contribution in [0.3, 0.4) is 0 Å². The van der Waals surface area contributed by atoms with Gasteiger partial charge < -0.3 is 15.2 Å². The van der Waals surface area contributed by atoms with Crippen LogP contribution < -0.4 is 15.2 Å². The lowest BCUT2D eigenvalue weighted by Crippen LogP contribution is -2.12. The van der Waals surface area contributed by atoms with Crippen molar-refractivity contribution in [3.05, 3.63) is 23.8 Å². The van der Waals surface area contributed by atoms with Crippen LogP contribution in [0.5, 0.6) is 11.5 Å². The lowest BCUT2D eigenvalue weighted by molar-refractivity contribution is 0.348. The van der Waals surface area contributed by atoms with Crippen molar-refractivity contribution in [3.63, 3.8) is 0 Å². The van der Waals surface area contributed by atoms with E-state index in [4.69, 9.17) is 21.6 Å². The lowest BCUT2D eigenvalue weighted by Gasteiger charge is -2.17. The van der Waals surface area contributed by atoms with Gasteiger partial charge in [0.25, 0.3) is 0 Å². The summed E-state index contributed by atoms with van der Waals surface area (Å²) in [7, 11) is 3.24. The molecule has 3 nitrogen and oxygen atoms in total. The minimum absolute atomic E-state index is 0.0756. The highest BCUT2D eigenvalue weighted by atomic mass is 16.5. The summed E-state index contributed by atoms with van der Waals surface area (Å²) in [4.78, 5) is 0. The molecule has 0 radical (unpaired) electrons. The molecule has 0 spiro atoms. The van der Waals surface area contributed by atoms with E-state index in [0.717, 1.165) is 24.8 Å². The van der Waals surface area contributed by atoms with Gasteiger partial charge in [-0.15, -0.1) is 12.3 Å². The molecule has 3 heteroatoms. The second kappa shape index (κ2) is 6.82. The molecule has 0 aliphatic carbocycles. The maximum absolute atomic E-state index is 6.13. The van der Waals surface area contributed by atoms with Crippen molar-refractivity contribution in [3.8, 4) is 23.8 Å². The molecule has 1 rings (SSSR count). The van der Waals surface area contributed by atoms with E-state index in [2.05, 4.69) is 5.92 Å². The molecular formula is C14H19NO2. The number of ether oxygens (including phenoxy) is 2. The van der Waals surface area contributed by atoms with Gasteiger partial charge in [-0.2, -0.15) is 0 Å². The third kappa shape index (κ3) is 3.40. The molecule has 0 aliphatic heterocycles. The second-order valence-corrected chi connectivity index (χ2v) is 3.79. The van der Waals surface area contributed by atoms with Crippen LogP contribution in [0.4, 0.5) is 0 Å². The maximum atomic E-state index is 6.13. The Morgan fingerprint density at radius 1 is 1.35 bits per heavy atom. The standard InChI is InChI=1S/C14H19NO2/c1-4-5-6-9-12(15)11-8-7-10-13(16-2)14(11)17-3/h1,7-8,10,12H,5-6,9,15H2,2-3H3. The predicted molar refractivity (Wildman–Crippen MR) is 69.2 cm³/mol. The number of benzene rings is 1. The summed E-state index contributed by atoms with van der Waals surface area (Å²) < 4.78 is 10.6. The van der Waals surface area contributed by atoms with Gasteiger partial charge in [-0.1, -0.05) is 12.1 Å². The first-order valence-corrected chi connectivity index (χ1v) is 5.64. The lowest BCUT2D eigenvalue weighted by atomic mass is 10.0. The highest BCUT2D eigenvalue weighted by Crippen LogP contribution is 2.35. The Hall–Kier alpha value is -1.66. The van der Waals surface area contributed by atoms with Crippen LogP contribution in [0.25, 0.3) is 0 Å². The van der Waals surface area contributed by atoms with Crippen LogP contribution in [-0.4, -0.2) is 14.2 Å². The average Bonchev–Trinajstić information content (AvgIpc) is 2.37. The van der Waals surface area contributed by atoms with E-state index in [1.54, 1.807) is 14.2 Å². The molecule has 1 atom stereocenters. The van der Waals surface area contributed by atoms with Crippen molar-refractivity contribution in [2.24, 2.45) is 5.73 Å². The number of terminal acetylenes is 1. The van der Waals surface area contributed by atoms with Crippen molar-refractivity contribution in [1.82, 2.24) is 0 Å². The molecule has 0 fully saturated rings. The normalized spacial score (nSPS) is 11.6. The molecule has 0 saturated carbocycles. The number of nitrogens with two attached hydrogens (primary N) is 1. The topological polar surface area (TPSA) is 44.5 Å². The van der Waals surface area contributed by atoms with Crippen LogP contribution in [0.1, 0.15) is 30.9 Å². The molecule has 0 amide bonds. The molecule has 92 valence electrons. The molecule has 1 aromatic rings. The van der Waals surface area contributed by atoms with Crippen LogP contribution in [0.15, 0.2) is 18.2 Å². The van der Waals surface area contributed by atoms with Crippen molar-refractivity contribution in [1.29, 1.82) is 0 Å². The smallest absolute Gasteiger partial charge is 0.165 e. The highest BCUT2D eigenvalue weighted by Gasteiger charge is 2.15. The first kappa shape index (κ1) is 13.4. The summed E-state index contributed by atoms with van der Waals surface area (Å²) in [5.74, 6) is 4.03. The van der Waals surface area contributed by atoms with Gasteiger partial charge in [0.2, 0.25) is 0 Å². The van der Waals surface area contributed by atoms with Crippen LogP contribution in [-0.2, 0) is 0 Å². The van der Waals surface area contributed by atoms with Gasteiger partial charge in [0.05, 0.1) is 14.2 Å². The van der Waals surface area contributed by atoms with E-state index in [9.17, 15) is 0 Å². The Morgan fingerprint density at radius 3 is 2.71 bits per heavy atom. The van der Waals surface area contributed by atoms with Gasteiger partial charge >= 0.3 is 0 Å². The summed E-state index contributed by atoms with van der Waals surface area (Å²) in [6.07, 6.45) is 7.73. The van der Waals surface area contributed by atoms with Crippen molar-refractivity contribution >= 4 is 0 Å². The summed E-state index contributed by atoms with van der Waals surface area (Å²) in [6.45, 7) is 0. The molecular weight excluding hydrogens is 214 g/mol. The van der Waals surface area contributed by atoms with E-state index < -0.39 is 0 Å². The van der Waals surface area contributed by atoms with E-state index in [-0.39, 0.29) is 6.04 Å². The number of para-hydroxylation sites is 1. The molecule has 0 heterocycles. The van der Waals surface area contributed by atoms with E-state index in [1.807, 2.05) is 18.2 Å². The van der Waals surface area contributed by atoms with Crippen LogP contribution in [0.2, 0.25) is 0 Å². The highest BCUT2D eigenvalue weighted by molar-refractivity contribution is 5.47. The molecule has 1 unspecified atom stereocenters. The predicted octanol–water partition coefficient (Wildman–Crippen LogP) is 2.51. The molecule has 1 aromatic carbocycles. The molecule has 0 aliphatic rings.